The summed E-state index contributed by atoms with van der Waals surface area (Å²) in [5.74, 6) is 0.709. The molecule has 140 valence electrons. The molecule has 5 heteroatoms. The SMILES string of the molecule is CC(C)C[Si](C)(C)OCCc1ccc(B2OC(C)(C)C(C)(C)O2)cc1. The summed E-state index contributed by atoms with van der Waals surface area (Å²) < 4.78 is 18.4. The van der Waals surface area contributed by atoms with E-state index in [9.17, 15) is 0 Å². The van der Waals surface area contributed by atoms with Crippen molar-refractivity contribution in [2.24, 2.45) is 5.92 Å². The maximum absolute atomic E-state index is 6.22. The summed E-state index contributed by atoms with van der Waals surface area (Å²) in [7, 11) is -1.81. The van der Waals surface area contributed by atoms with Gasteiger partial charge in [0.05, 0.1) is 11.2 Å². The van der Waals surface area contributed by atoms with Crippen LogP contribution in [0.2, 0.25) is 19.1 Å². The Hall–Kier alpha value is -0.618. The fraction of sp³-hybridized carbons (Fsp3) is 0.700. The lowest BCUT2D eigenvalue weighted by molar-refractivity contribution is 0.00578. The van der Waals surface area contributed by atoms with Crippen LogP contribution in [0.3, 0.4) is 0 Å². The van der Waals surface area contributed by atoms with Crippen molar-refractivity contribution in [3.05, 3.63) is 29.8 Å². The highest BCUT2D eigenvalue weighted by molar-refractivity contribution is 6.71. The van der Waals surface area contributed by atoms with Gasteiger partial charge in [0.2, 0.25) is 0 Å². The molecule has 0 aliphatic carbocycles. The fourth-order valence-electron chi connectivity index (χ4n) is 3.31. The van der Waals surface area contributed by atoms with E-state index >= 15 is 0 Å². The minimum atomic E-state index is -1.52. The summed E-state index contributed by atoms with van der Waals surface area (Å²) >= 11 is 0. The standard InChI is InChI=1S/C20H35BO3Si/c1-16(2)15-25(7,8)22-14-13-17-9-11-18(12-10-17)21-23-19(3,4)20(5,6)24-21/h9-12,16H,13-15H2,1-8H3. The number of hydrogen-bond donors (Lipinski definition) is 0. The maximum Gasteiger partial charge on any atom is 0.494 e. The van der Waals surface area contributed by atoms with Crippen molar-refractivity contribution in [3.8, 4) is 0 Å². The lowest BCUT2D eigenvalue weighted by Gasteiger charge is -2.32. The molecule has 0 aromatic heterocycles. The Labute approximate surface area is 155 Å². The van der Waals surface area contributed by atoms with Gasteiger partial charge in [-0.25, -0.2) is 0 Å². The molecular weight excluding hydrogens is 327 g/mol. The predicted molar refractivity (Wildman–Crippen MR) is 109 cm³/mol. The molecule has 0 radical (unpaired) electrons. The molecule has 3 nitrogen and oxygen atoms in total. The van der Waals surface area contributed by atoms with E-state index in [0.29, 0.717) is 5.92 Å². The summed E-state index contributed by atoms with van der Waals surface area (Å²) in [4.78, 5) is 0. The highest BCUT2D eigenvalue weighted by Gasteiger charge is 2.51. The molecule has 25 heavy (non-hydrogen) atoms. The highest BCUT2D eigenvalue weighted by atomic mass is 28.4. The van der Waals surface area contributed by atoms with Gasteiger partial charge in [0.1, 0.15) is 0 Å². The second-order valence-electron chi connectivity index (χ2n) is 9.29. The fourth-order valence-corrected chi connectivity index (χ4v) is 6.05. The second kappa shape index (κ2) is 7.55. The molecule has 1 heterocycles. The molecule has 1 aliphatic rings. The van der Waals surface area contributed by atoms with Gasteiger partial charge in [-0.3, -0.25) is 0 Å². The first-order valence-corrected chi connectivity index (χ1v) is 12.6. The largest absolute Gasteiger partial charge is 0.494 e. The minimum Gasteiger partial charge on any atom is -0.417 e. The normalized spacial score (nSPS) is 19.6. The van der Waals surface area contributed by atoms with E-state index in [0.717, 1.165) is 18.5 Å². The van der Waals surface area contributed by atoms with Gasteiger partial charge >= 0.3 is 7.12 Å². The smallest absolute Gasteiger partial charge is 0.417 e. The topological polar surface area (TPSA) is 27.7 Å². The van der Waals surface area contributed by atoms with Crippen LogP contribution in [0.15, 0.2) is 24.3 Å². The molecule has 1 aliphatic heterocycles. The molecule has 0 N–H and O–H groups in total. The first-order chi connectivity index (χ1) is 11.4. The van der Waals surface area contributed by atoms with Gasteiger partial charge in [0.15, 0.2) is 8.32 Å². The Kier molecular flexibility index (Phi) is 6.25. The van der Waals surface area contributed by atoms with E-state index in [1.54, 1.807) is 0 Å². The van der Waals surface area contributed by atoms with Crippen molar-refractivity contribution in [1.82, 2.24) is 0 Å². The van der Waals surface area contributed by atoms with Gasteiger partial charge in [-0.2, -0.15) is 0 Å². The van der Waals surface area contributed by atoms with Crippen LogP contribution in [-0.4, -0.2) is 33.2 Å². The van der Waals surface area contributed by atoms with Crippen LogP contribution < -0.4 is 5.46 Å². The Morgan fingerprint density at radius 1 is 1.00 bits per heavy atom. The zero-order valence-corrected chi connectivity index (χ0v) is 18.3. The van der Waals surface area contributed by atoms with Crippen LogP contribution in [0.25, 0.3) is 0 Å². The van der Waals surface area contributed by atoms with Crippen LogP contribution in [0.1, 0.15) is 47.1 Å². The van der Waals surface area contributed by atoms with Crippen molar-refractivity contribution in [1.29, 1.82) is 0 Å². The van der Waals surface area contributed by atoms with Gasteiger partial charge in [-0.1, -0.05) is 38.1 Å². The molecule has 0 unspecified atom stereocenters. The van der Waals surface area contributed by atoms with Crippen molar-refractivity contribution in [2.75, 3.05) is 6.61 Å². The van der Waals surface area contributed by atoms with E-state index in [1.165, 1.54) is 11.6 Å². The molecule has 1 fully saturated rings. The van der Waals surface area contributed by atoms with E-state index in [2.05, 4.69) is 78.9 Å². The van der Waals surface area contributed by atoms with Crippen LogP contribution in [-0.2, 0) is 20.2 Å². The Balaban J connectivity index is 1.89. The first-order valence-electron chi connectivity index (χ1n) is 9.50. The van der Waals surface area contributed by atoms with E-state index < -0.39 is 8.32 Å². The molecule has 0 bridgehead atoms. The summed E-state index contributed by atoms with van der Waals surface area (Å²) in [5.41, 5.74) is 1.79. The van der Waals surface area contributed by atoms with Crippen LogP contribution in [0.4, 0.5) is 0 Å². The monoisotopic (exact) mass is 362 g/mol. The van der Waals surface area contributed by atoms with Gasteiger partial charge < -0.3 is 13.7 Å². The van der Waals surface area contributed by atoms with E-state index in [1.807, 2.05) is 0 Å². The number of rotatable bonds is 7. The Bertz CT molecular complexity index is 551. The zero-order valence-electron chi connectivity index (χ0n) is 17.3. The molecule has 1 aromatic carbocycles. The zero-order chi connectivity index (χ0) is 18.9. The molecule has 0 atom stereocenters. The van der Waals surface area contributed by atoms with Crippen molar-refractivity contribution in [3.63, 3.8) is 0 Å². The minimum absolute atomic E-state index is 0.285. The number of benzene rings is 1. The van der Waals surface area contributed by atoms with Crippen molar-refractivity contribution < 1.29 is 13.7 Å². The summed E-state index contributed by atoms with van der Waals surface area (Å²) in [5, 5.41) is 0. The summed E-state index contributed by atoms with van der Waals surface area (Å²) in [6, 6.07) is 9.79. The summed E-state index contributed by atoms with van der Waals surface area (Å²) in [6.45, 7) is 18.3. The first kappa shape index (κ1) is 20.7. The number of hydrogen-bond acceptors (Lipinski definition) is 3. The lowest BCUT2D eigenvalue weighted by Crippen LogP contribution is -2.41. The van der Waals surface area contributed by atoms with Gasteiger partial charge in [-0.05, 0) is 70.2 Å². The molecule has 0 saturated carbocycles. The Morgan fingerprint density at radius 2 is 1.52 bits per heavy atom. The predicted octanol–water partition coefficient (Wildman–Crippen LogP) is 4.41. The van der Waals surface area contributed by atoms with E-state index in [-0.39, 0.29) is 18.3 Å². The Morgan fingerprint density at radius 3 is 2.00 bits per heavy atom. The van der Waals surface area contributed by atoms with Crippen LogP contribution in [0, 0.1) is 5.92 Å². The van der Waals surface area contributed by atoms with Crippen molar-refractivity contribution >= 4 is 20.9 Å². The van der Waals surface area contributed by atoms with Gasteiger partial charge in [-0.15, -0.1) is 0 Å². The van der Waals surface area contributed by atoms with Gasteiger partial charge in [0, 0.05) is 6.61 Å². The maximum atomic E-state index is 6.22. The molecule has 0 amide bonds. The third-order valence-electron chi connectivity index (χ3n) is 5.29. The average molecular weight is 362 g/mol. The van der Waals surface area contributed by atoms with Gasteiger partial charge in [0.25, 0.3) is 0 Å². The average Bonchev–Trinajstić information content (AvgIpc) is 2.66. The third kappa shape index (κ3) is 5.43. The third-order valence-corrected chi connectivity index (χ3v) is 8.07. The molecular formula is C20H35BO3Si. The summed E-state index contributed by atoms with van der Waals surface area (Å²) in [6.07, 6.45) is 0.957. The molecule has 2 rings (SSSR count). The van der Waals surface area contributed by atoms with Crippen molar-refractivity contribution in [2.45, 2.75) is 78.3 Å². The lowest BCUT2D eigenvalue weighted by atomic mass is 9.79. The highest BCUT2D eigenvalue weighted by Crippen LogP contribution is 2.36. The quantitative estimate of drug-likeness (QED) is 0.673. The molecule has 0 spiro atoms. The van der Waals surface area contributed by atoms with E-state index in [4.69, 9.17) is 13.7 Å². The van der Waals surface area contributed by atoms with Crippen LogP contribution >= 0.6 is 0 Å². The molecule has 1 aromatic rings. The second-order valence-corrected chi connectivity index (χ2v) is 13.5. The molecule has 1 saturated heterocycles. The van der Waals surface area contributed by atoms with Crippen LogP contribution in [0.5, 0.6) is 0 Å².